The van der Waals surface area contributed by atoms with Crippen molar-refractivity contribution in [1.82, 2.24) is 4.98 Å². The minimum Gasteiger partial charge on any atom is -0.441 e. The summed E-state index contributed by atoms with van der Waals surface area (Å²) >= 11 is 0. The van der Waals surface area contributed by atoms with Gasteiger partial charge in [0.15, 0.2) is 0 Å². The molecule has 3 N–H and O–H groups in total. The number of H-pyrrole nitrogens is 1. The quantitative estimate of drug-likeness (QED) is 0.472. The first kappa shape index (κ1) is 23.0. The molecule has 33 heavy (non-hydrogen) atoms. The van der Waals surface area contributed by atoms with Crippen molar-refractivity contribution in [2.45, 2.75) is 12.3 Å². The van der Waals surface area contributed by atoms with Crippen LogP contribution in [0.4, 0.5) is 23.7 Å². The SMILES string of the molecule is O=C1O[C@H](COP(=O)(O)O)CN1c1ccc2cc(-c3ccccc3C(F)(F)F)[nH]c(=O)c2c1. The first-order valence-corrected chi connectivity index (χ1v) is 11.0. The third-order valence-corrected chi connectivity index (χ3v) is 5.45. The van der Waals surface area contributed by atoms with Gasteiger partial charge in [-0.05, 0) is 29.7 Å². The number of phosphoric acid groups is 1. The monoisotopic (exact) mass is 484 g/mol. The number of alkyl halides is 3. The van der Waals surface area contributed by atoms with Gasteiger partial charge >= 0.3 is 20.1 Å². The second-order valence-electron chi connectivity index (χ2n) is 7.23. The minimum absolute atomic E-state index is 0.0107. The fourth-order valence-electron chi connectivity index (χ4n) is 3.53. The molecule has 1 aliphatic rings. The first-order chi connectivity index (χ1) is 15.4. The molecule has 1 aliphatic heterocycles. The molecule has 3 aromatic rings. The van der Waals surface area contributed by atoms with Crippen molar-refractivity contribution in [3.63, 3.8) is 0 Å². The number of pyridine rings is 1. The lowest BCUT2D eigenvalue weighted by atomic mass is 10.0. The molecular weight excluding hydrogens is 468 g/mol. The molecule has 0 unspecified atom stereocenters. The average Bonchev–Trinajstić information content (AvgIpc) is 3.11. The predicted octanol–water partition coefficient (Wildman–Crippen LogP) is 3.65. The van der Waals surface area contributed by atoms with Gasteiger partial charge in [0, 0.05) is 22.3 Å². The van der Waals surface area contributed by atoms with Crippen molar-refractivity contribution < 1.29 is 41.6 Å². The molecule has 174 valence electrons. The third-order valence-electron chi connectivity index (χ3n) is 4.97. The molecule has 2 aromatic carbocycles. The fourth-order valence-corrected chi connectivity index (χ4v) is 3.89. The fraction of sp³-hybridized carbons (Fsp3) is 0.200. The molecule has 13 heteroatoms. The zero-order chi connectivity index (χ0) is 24.0. The van der Waals surface area contributed by atoms with Gasteiger partial charge in [0.2, 0.25) is 0 Å². The van der Waals surface area contributed by atoms with Crippen molar-refractivity contribution in [1.29, 1.82) is 0 Å². The molecular formula is C20H16F3N2O7P. The number of hydrogen-bond donors (Lipinski definition) is 3. The van der Waals surface area contributed by atoms with E-state index in [4.69, 9.17) is 14.5 Å². The lowest BCUT2D eigenvalue weighted by molar-refractivity contribution is -0.137. The summed E-state index contributed by atoms with van der Waals surface area (Å²) in [6.07, 6.45) is -6.36. The summed E-state index contributed by atoms with van der Waals surface area (Å²) in [5.74, 6) is 0. The van der Waals surface area contributed by atoms with Crippen LogP contribution in [0.1, 0.15) is 5.56 Å². The van der Waals surface area contributed by atoms with Gasteiger partial charge in [-0.2, -0.15) is 13.2 Å². The van der Waals surface area contributed by atoms with Crippen molar-refractivity contribution in [3.05, 3.63) is 64.4 Å². The Kier molecular flexibility index (Phi) is 5.79. The second-order valence-corrected chi connectivity index (χ2v) is 8.47. The molecule has 1 fully saturated rings. The number of carbonyl (C=O) groups excluding carboxylic acids is 1. The summed E-state index contributed by atoms with van der Waals surface area (Å²) in [7, 11) is -4.74. The van der Waals surface area contributed by atoms with Crippen LogP contribution in [0.15, 0.2) is 53.3 Å². The number of halogens is 3. The summed E-state index contributed by atoms with van der Waals surface area (Å²) in [5, 5.41) is 0.479. The number of aromatic nitrogens is 1. The van der Waals surface area contributed by atoms with E-state index in [0.717, 1.165) is 11.0 Å². The highest BCUT2D eigenvalue weighted by Crippen LogP contribution is 2.38. The molecule has 0 spiro atoms. The number of aromatic amines is 1. The Morgan fingerprint density at radius 1 is 1.15 bits per heavy atom. The Morgan fingerprint density at radius 3 is 2.58 bits per heavy atom. The van der Waals surface area contributed by atoms with E-state index >= 15 is 0 Å². The van der Waals surface area contributed by atoms with Gasteiger partial charge in [0.25, 0.3) is 5.56 Å². The molecule has 1 aromatic heterocycles. The van der Waals surface area contributed by atoms with Crippen molar-refractivity contribution in [2.24, 2.45) is 0 Å². The van der Waals surface area contributed by atoms with Crippen molar-refractivity contribution in [3.8, 4) is 11.3 Å². The summed E-state index contributed by atoms with van der Waals surface area (Å²) in [4.78, 5) is 46.0. The number of hydrogen-bond acceptors (Lipinski definition) is 5. The molecule has 1 amide bonds. The molecule has 4 rings (SSSR count). The Morgan fingerprint density at radius 2 is 1.88 bits per heavy atom. The zero-order valence-electron chi connectivity index (χ0n) is 16.6. The summed E-state index contributed by atoms with van der Waals surface area (Å²) in [5.41, 5.74) is -1.47. The number of nitrogens with one attached hydrogen (secondary N) is 1. The van der Waals surface area contributed by atoms with Gasteiger partial charge in [0.05, 0.1) is 18.7 Å². The van der Waals surface area contributed by atoms with Gasteiger partial charge in [-0.1, -0.05) is 24.3 Å². The molecule has 0 radical (unpaired) electrons. The van der Waals surface area contributed by atoms with E-state index in [0.29, 0.717) is 5.39 Å². The molecule has 1 saturated heterocycles. The number of anilines is 1. The maximum absolute atomic E-state index is 13.4. The third kappa shape index (κ3) is 4.93. The lowest BCUT2D eigenvalue weighted by Crippen LogP contribution is -2.26. The van der Waals surface area contributed by atoms with E-state index in [1.807, 2.05) is 0 Å². The smallest absolute Gasteiger partial charge is 0.441 e. The molecule has 0 saturated carbocycles. The minimum atomic E-state index is -4.74. The maximum Gasteiger partial charge on any atom is 0.469 e. The number of nitrogens with zero attached hydrogens (tertiary/aromatic N) is 1. The Balaban J connectivity index is 1.66. The van der Waals surface area contributed by atoms with E-state index in [-0.39, 0.29) is 28.9 Å². The van der Waals surface area contributed by atoms with Crippen LogP contribution in [-0.4, -0.2) is 40.1 Å². The van der Waals surface area contributed by atoms with Crippen LogP contribution in [0.5, 0.6) is 0 Å². The van der Waals surface area contributed by atoms with Gasteiger partial charge in [0.1, 0.15) is 6.10 Å². The largest absolute Gasteiger partial charge is 0.469 e. The molecule has 9 nitrogen and oxygen atoms in total. The van der Waals surface area contributed by atoms with Crippen LogP contribution in [0.3, 0.4) is 0 Å². The molecule has 1 atom stereocenters. The molecule has 2 heterocycles. The van der Waals surface area contributed by atoms with E-state index in [1.165, 1.54) is 42.5 Å². The van der Waals surface area contributed by atoms with Crippen LogP contribution in [0.2, 0.25) is 0 Å². The van der Waals surface area contributed by atoms with Crippen LogP contribution in [0.25, 0.3) is 22.0 Å². The van der Waals surface area contributed by atoms with Crippen LogP contribution < -0.4 is 10.5 Å². The first-order valence-electron chi connectivity index (χ1n) is 9.44. The zero-order valence-corrected chi connectivity index (χ0v) is 17.5. The number of cyclic esters (lactones) is 1. The molecule has 0 bridgehead atoms. The summed E-state index contributed by atoms with van der Waals surface area (Å²) < 4.78 is 60.3. The highest BCUT2D eigenvalue weighted by Gasteiger charge is 2.35. The lowest BCUT2D eigenvalue weighted by Gasteiger charge is -2.15. The number of phosphoric ester groups is 1. The Bertz CT molecular complexity index is 1340. The topological polar surface area (TPSA) is 129 Å². The van der Waals surface area contributed by atoms with E-state index in [1.54, 1.807) is 0 Å². The number of benzene rings is 2. The highest BCUT2D eigenvalue weighted by atomic mass is 31.2. The van der Waals surface area contributed by atoms with Crippen LogP contribution in [-0.2, 0) is 20.0 Å². The Hall–Kier alpha value is -3.18. The van der Waals surface area contributed by atoms with Gasteiger partial charge < -0.3 is 19.5 Å². The van der Waals surface area contributed by atoms with Crippen molar-refractivity contribution in [2.75, 3.05) is 18.1 Å². The van der Waals surface area contributed by atoms with Crippen LogP contribution in [0, 0.1) is 0 Å². The van der Waals surface area contributed by atoms with E-state index < -0.39 is 43.9 Å². The van der Waals surface area contributed by atoms with E-state index in [9.17, 15) is 27.3 Å². The second kappa shape index (κ2) is 8.31. The van der Waals surface area contributed by atoms with Crippen molar-refractivity contribution >= 4 is 30.4 Å². The number of carbonyl (C=O) groups is 1. The predicted molar refractivity (Wildman–Crippen MR) is 111 cm³/mol. The van der Waals surface area contributed by atoms with Gasteiger partial charge in [-0.25, -0.2) is 9.36 Å². The average molecular weight is 484 g/mol. The Labute approximate surface area is 183 Å². The van der Waals surface area contributed by atoms with Crippen LogP contribution >= 0.6 is 7.82 Å². The summed E-state index contributed by atoms with van der Waals surface area (Å²) in [6.45, 7) is -0.609. The number of rotatable bonds is 5. The number of fused-ring (bicyclic) bond motifs is 1. The number of ether oxygens (including phenoxy) is 1. The van der Waals surface area contributed by atoms with Gasteiger partial charge in [-0.15, -0.1) is 0 Å². The standard InChI is InChI=1S/C20H16F3N2O7P/c21-20(22,23)16-4-2-1-3-14(16)17-7-11-5-6-12(8-15(11)18(26)24-17)25-9-13(32-19(25)27)10-31-33(28,29)30/h1-8,13H,9-10H2,(H,24,26)(H2,28,29,30)/t13-/m0/s1. The normalized spacial score (nSPS) is 16.9. The molecule has 0 aliphatic carbocycles. The maximum atomic E-state index is 13.4. The summed E-state index contributed by atoms with van der Waals surface area (Å²) in [6, 6.07) is 10.6. The highest BCUT2D eigenvalue weighted by molar-refractivity contribution is 7.46. The van der Waals surface area contributed by atoms with E-state index in [2.05, 4.69) is 9.51 Å². The number of amides is 1. The van der Waals surface area contributed by atoms with Gasteiger partial charge in [-0.3, -0.25) is 14.2 Å².